The minimum absolute atomic E-state index is 0. The number of hydrogen-bond donors (Lipinski definition) is 1. The summed E-state index contributed by atoms with van der Waals surface area (Å²) in [5, 5.41) is 38.0. The van der Waals surface area contributed by atoms with Crippen LogP contribution in [0.2, 0.25) is 0 Å². The molecule has 7 aliphatic rings. The summed E-state index contributed by atoms with van der Waals surface area (Å²) in [6.07, 6.45) is 4.77. The number of carboxylic acid groups (broad SMARTS) is 2. The normalized spacial score (nSPS) is 22.2. The van der Waals surface area contributed by atoms with E-state index in [4.69, 9.17) is 0 Å². The molecule has 2 amide bonds. The number of fused-ring (bicyclic) bond motifs is 5. The first-order valence-corrected chi connectivity index (χ1v) is 35.5. The average Bonchev–Trinajstić information content (AvgIpc) is 4.19. The van der Waals surface area contributed by atoms with Gasteiger partial charge in [-0.15, -0.1) is 141 Å². The standard InChI is InChI=1S/C41H46O4S12.C14H23N3O3.2Na/c1-16-24-28(52-37(4,5)48-24)21(29-25(16)49-38(6,7)53-29)20(19-18(47-36(2,3)46-14)15-17(34(42)43)26-27(19)51-39(8,9)50-26)22-30-32(56-40(10,11)54-30)23(35(44)45)33-31(22)55-41(12,13)57-33;1-13(2)9-11(14(3,4)17(13)20)12(19)16-7-5-15(10-18)6-8-16;;/h15,20H,1-14H3,(H,42,43)(H,44,45);9-10,20H,5-8H2,1-4H3;;/q;;2*+1/p-2. The Morgan fingerprint density at radius 1 is 0.608 bits per heavy atom. The van der Waals surface area contributed by atoms with Crippen molar-refractivity contribution in [2.45, 2.75) is 213 Å². The van der Waals surface area contributed by atoms with Crippen LogP contribution < -0.4 is 69.3 Å². The van der Waals surface area contributed by atoms with Gasteiger partial charge in [0.1, 0.15) is 0 Å². The fraction of sp³-hybridized carbons (Fsp3) is 0.564. The molecule has 7 aliphatic heterocycles. The zero-order valence-electron chi connectivity index (χ0n) is 48.8. The number of piperazine rings is 1. The minimum atomic E-state index is -1.16. The van der Waals surface area contributed by atoms with Crippen LogP contribution in [-0.4, -0.2) is 112 Å². The van der Waals surface area contributed by atoms with Gasteiger partial charge < -0.3 is 34.8 Å². The van der Waals surface area contributed by atoms with Gasteiger partial charge in [-0.3, -0.25) is 9.59 Å². The second-order valence-electron chi connectivity index (χ2n) is 23.7. The fourth-order valence-electron chi connectivity index (χ4n) is 10.6. The van der Waals surface area contributed by atoms with Gasteiger partial charge in [-0.1, -0.05) is 6.08 Å². The first-order chi connectivity index (χ1) is 35.3. The molecule has 1 unspecified atom stereocenters. The molecule has 1 fully saturated rings. The molecule has 1 atom stereocenters. The maximum Gasteiger partial charge on any atom is 1.00 e. The number of aromatic carboxylic acids is 2. The summed E-state index contributed by atoms with van der Waals surface area (Å²) in [5.74, 6) is -2.69. The Labute approximate surface area is 563 Å². The molecule has 7 heterocycles. The van der Waals surface area contributed by atoms with Crippen molar-refractivity contribution in [3.63, 3.8) is 0 Å². The molecule has 1 N–H and O–H groups in total. The van der Waals surface area contributed by atoms with Gasteiger partial charge >= 0.3 is 59.1 Å². The van der Waals surface area contributed by atoms with Crippen molar-refractivity contribution in [2.24, 2.45) is 0 Å². The topological polar surface area (TPSA) is 144 Å². The number of thioether (sulfide) groups is 12. The predicted molar refractivity (Wildman–Crippen MR) is 330 cm³/mol. The summed E-state index contributed by atoms with van der Waals surface area (Å²) in [6.45, 7) is 38.7. The number of carboxylic acids is 2. The van der Waals surface area contributed by atoms with Crippen molar-refractivity contribution in [2.75, 3.05) is 32.4 Å². The van der Waals surface area contributed by atoms with E-state index in [1.54, 1.807) is 104 Å². The Bertz CT molecular complexity index is 3010. The number of hydroxylamine groups is 2. The van der Waals surface area contributed by atoms with Crippen LogP contribution in [0.4, 0.5) is 0 Å². The molecule has 10 rings (SSSR count). The Kier molecular flexibility index (Phi) is 20.4. The van der Waals surface area contributed by atoms with Crippen LogP contribution in [0.15, 0.2) is 71.6 Å². The second kappa shape index (κ2) is 23.7. The number of carbonyl (C=O) groups excluding carboxylic acids is 4. The molecule has 3 aromatic carbocycles. The Balaban J connectivity index is 0.000000347. The monoisotopic (exact) mass is 1310 g/mol. The fourth-order valence-corrected chi connectivity index (χ4v) is 27.2. The molecule has 79 heavy (non-hydrogen) atoms. The number of hydrogen-bond acceptors (Lipinski definition) is 20. The molecule has 10 nitrogen and oxygen atoms in total. The largest absolute Gasteiger partial charge is 1.00 e. The number of amides is 2. The number of carbonyl (C=O) groups is 4. The van der Waals surface area contributed by atoms with E-state index < -0.39 is 23.0 Å². The van der Waals surface area contributed by atoms with Crippen molar-refractivity contribution >= 4 is 165 Å². The van der Waals surface area contributed by atoms with Crippen LogP contribution in [0.25, 0.3) is 0 Å². The van der Waals surface area contributed by atoms with E-state index >= 15 is 0 Å². The molecule has 0 saturated carbocycles. The van der Waals surface area contributed by atoms with E-state index in [2.05, 4.69) is 96.3 Å². The third-order valence-corrected chi connectivity index (χ3v) is 31.3. The minimum Gasteiger partial charge on any atom is -0.545 e. The van der Waals surface area contributed by atoms with E-state index in [1.165, 1.54) is 35.8 Å². The van der Waals surface area contributed by atoms with Gasteiger partial charge in [0, 0.05) is 103 Å². The van der Waals surface area contributed by atoms with Crippen LogP contribution in [0, 0.1) is 6.92 Å². The van der Waals surface area contributed by atoms with Crippen molar-refractivity contribution in [1.29, 1.82) is 0 Å². The zero-order chi connectivity index (χ0) is 56.9. The van der Waals surface area contributed by atoms with E-state index in [0.29, 0.717) is 37.3 Å². The third kappa shape index (κ3) is 13.1. The third-order valence-electron chi connectivity index (χ3n) is 14.0. The first kappa shape index (κ1) is 67.9. The van der Waals surface area contributed by atoms with Gasteiger partial charge in [0.25, 0.3) is 5.91 Å². The summed E-state index contributed by atoms with van der Waals surface area (Å²) in [6, 6.07) is 1.91. The maximum absolute atomic E-state index is 13.4. The number of benzene rings is 3. The predicted octanol–water partition coefficient (Wildman–Crippen LogP) is 8.25. The molecule has 0 aliphatic carbocycles. The summed E-state index contributed by atoms with van der Waals surface area (Å²) < 4.78 is -1.49. The Morgan fingerprint density at radius 3 is 1.35 bits per heavy atom. The van der Waals surface area contributed by atoms with Crippen molar-refractivity contribution in [1.82, 2.24) is 14.9 Å². The number of rotatable bonds is 10. The molecular weight excluding hydrogens is 1250 g/mol. The molecular formula is C55H67N3Na2O7S12. The zero-order valence-corrected chi connectivity index (χ0v) is 62.6. The quantitative estimate of drug-likeness (QED) is 0.0683. The molecule has 0 bridgehead atoms. The Morgan fingerprint density at radius 2 is 0.987 bits per heavy atom. The van der Waals surface area contributed by atoms with Gasteiger partial charge in [-0.2, -0.15) is 5.06 Å². The van der Waals surface area contributed by atoms with Gasteiger partial charge in [-0.05, 0) is 152 Å². The molecule has 0 radical (unpaired) electrons. The van der Waals surface area contributed by atoms with Crippen molar-refractivity contribution in [3.8, 4) is 0 Å². The van der Waals surface area contributed by atoms with Gasteiger partial charge in [0.2, 0.25) is 6.41 Å². The van der Waals surface area contributed by atoms with E-state index in [1.807, 2.05) is 86.9 Å². The second-order valence-corrected chi connectivity index (χ2v) is 44.7. The van der Waals surface area contributed by atoms with E-state index in [-0.39, 0.29) is 101 Å². The Hall–Kier alpha value is 1.40. The van der Waals surface area contributed by atoms with Crippen LogP contribution >= 0.6 is 141 Å². The average molecular weight is 1310 g/mol. The summed E-state index contributed by atoms with van der Waals surface area (Å²) in [4.78, 5) is 64.9. The maximum atomic E-state index is 13.4. The van der Waals surface area contributed by atoms with Crippen LogP contribution in [0.5, 0.6) is 0 Å². The SMILES string of the molecule is CC1(C)C=C(C(=O)N2CCN(C=O)CC2)C(C)(C)N1O.CSC(C)(C)Sc1cc(C(=O)[O-])c2c(c1C(c1c3c(c(C)c4c1SC(C)(C)S4)SC(C)(C)S3)c1c3c(c(C(=O)[O-])c4c1SC(C)(C)S4)SC(C)(C)S3)SC(C)(C)S2.[Na+].[Na+]. The van der Waals surface area contributed by atoms with Crippen molar-refractivity contribution < 1.29 is 93.7 Å². The van der Waals surface area contributed by atoms with Gasteiger partial charge in [-0.25, -0.2) is 0 Å². The molecule has 0 aromatic heterocycles. The summed E-state index contributed by atoms with van der Waals surface area (Å²) in [5.41, 5.74) is 4.79. The number of nitrogens with zero attached hydrogens (tertiary/aromatic N) is 3. The molecule has 418 valence electrons. The summed E-state index contributed by atoms with van der Waals surface area (Å²) >= 11 is 21.4. The van der Waals surface area contributed by atoms with Gasteiger partial charge in [0.15, 0.2) is 0 Å². The molecule has 0 spiro atoms. The van der Waals surface area contributed by atoms with Crippen LogP contribution in [0.3, 0.4) is 0 Å². The molecule has 24 heteroatoms. The van der Waals surface area contributed by atoms with E-state index in [0.717, 1.165) is 51.8 Å². The molecule has 1 saturated heterocycles. The van der Waals surface area contributed by atoms with E-state index in [9.17, 15) is 34.6 Å². The smallest absolute Gasteiger partial charge is 0.545 e. The first-order valence-electron chi connectivity index (χ1n) is 25.3. The van der Waals surface area contributed by atoms with Gasteiger partial charge in [0.05, 0.1) is 47.5 Å². The van der Waals surface area contributed by atoms with Crippen molar-refractivity contribution in [3.05, 3.63) is 51.1 Å². The summed E-state index contributed by atoms with van der Waals surface area (Å²) in [7, 11) is 0. The van der Waals surface area contributed by atoms with Crippen LogP contribution in [-0.2, 0) is 9.59 Å². The van der Waals surface area contributed by atoms with Crippen LogP contribution in [0.1, 0.15) is 160 Å². The molecule has 3 aromatic rings.